The molecule has 0 aromatic carbocycles. The molecular weight excluding hydrogens is 444 g/mol. The number of hydrogen-bond donors (Lipinski definition) is 1. The van der Waals surface area contributed by atoms with Crippen LogP contribution in [0.1, 0.15) is 66.2 Å². The standard InChI is InChI=1S/C29H38O6/c1-15-14-24(34-25(32)16(15)2)28(4)22-10-8-19-17-6-7-20-21(30)9-11-23(31)27(20,3)18(17)12-13-29(19,22)26(33-5)35-28/h7,9,11,17-19,21-22,24,26,30H,6,8,10,12-14H2,1-5H3/t17-,18+,19+,21+,22-,24?,26+,27-,28-,29-/m1/s1. The van der Waals surface area contributed by atoms with Crippen molar-refractivity contribution < 1.29 is 28.9 Å². The lowest BCUT2D eigenvalue weighted by atomic mass is 9.46. The lowest BCUT2D eigenvalue weighted by Crippen LogP contribution is -2.56. The minimum Gasteiger partial charge on any atom is -0.456 e. The van der Waals surface area contributed by atoms with Crippen molar-refractivity contribution in [3.63, 3.8) is 0 Å². The number of hydrogen-bond acceptors (Lipinski definition) is 6. The van der Waals surface area contributed by atoms with E-state index in [1.807, 2.05) is 13.8 Å². The largest absolute Gasteiger partial charge is 0.456 e. The second-order valence-corrected chi connectivity index (χ2v) is 12.3. The van der Waals surface area contributed by atoms with Gasteiger partial charge in [-0.25, -0.2) is 4.79 Å². The predicted octanol–water partition coefficient (Wildman–Crippen LogP) is 4.27. The van der Waals surface area contributed by atoms with Gasteiger partial charge < -0.3 is 19.3 Å². The Morgan fingerprint density at radius 1 is 1.11 bits per heavy atom. The third kappa shape index (κ3) is 2.82. The molecule has 0 radical (unpaired) electrons. The van der Waals surface area contributed by atoms with Crippen LogP contribution in [0.3, 0.4) is 0 Å². The number of aliphatic hydroxyl groups is 1. The predicted molar refractivity (Wildman–Crippen MR) is 129 cm³/mol. The molecule has 3 fully saturated rings. The highest BCUT2D eigenvalue weighted by molar-refractivity contribution is 5.99. The number of aliphatic hydroxyl groups excluding tert-OH is 1. The first-order valence-electron chi connectivity index (χ1n) is 13.3. The monoisotopic (exact) mass is 482 g/mol. The zero-order valence-corrected chi connectivity index (χ0v) is 21.5. The average molecular weight is 483 g/mol. The van der Waals surface area contributed by atoms with Crippen LogP contribution in [0.15, 0.2) is 34.9 Å². The number of carbonyl (C=O) groups is 2. The van der Waals surface area contributed by atoms with E-state index in [0.717, 1.165) is 43.3 Å². The van der Waals surface area contributed by atoms with Crippen molar-refractivity contribution in [3.8, 4) is 0 Å². The van der Waals surface area contributed by atoms with Crippen LogP contribution in [-0.2, 0) is 23.8 Å². The quantitative estimate of drug-likeness (QED) is 0.468. The molecule has 4 aliphatic carbocycles. The Labute approximate surface area is 207 Å². The first-order valence-corrected chi connectivity index (χ1v) is 13.3. The molecule has 6 rings (SSSR count). The second-order valence-electron chi connectivity index (χ2n) is 12.3. The summed E-state index contributed by atoms with van der Waals surface area (Å²) in [6.07, 6.45) is 9.47. The summed E-state index contributed by atoms with van der Waals surface area (Å²) in [6.45, 7) is 8.04. The molecule has 6 aliphatic rings. The highest BCUT2D eigenvalue weighted by Crippen LogP contribution is 2.72. The minimum atomic E-state index is -0.670. The zero-order valence-electron chi connectivity index (χ0n) is 21.5. The Morgan fingerprint density at radius 3 is 2.60 bits per heavy atom. The Bertz CT molecular complexity index is 1070. The maximum Gasteiger partial charge on any atom is 0.334 e. The van der Waals surface area contributed by atoms with E-state index in [0.29, 0.717) is 23.8 Å². The van der Waals surface area contributed by atoms with Gasteiger partial charge in [-0.2, -0.15) is 0 Å². The van der Waals surface area contributed by atoms with Gasteiger partial charge in [0.1, 0.15) is 11.7 Å². The Morgan fingerprint density at radius 2 is 1.89 bits per heavy atom. The number of methoxy groups -OCH3 is 1. The van der Waals surface area contributed by atoms with Crippen LogP contribution in [0.25, 0.3) is 0 Å². The molecule has 35 heavy (non-hydrogen) atoms. The fourth-order valence-electron chi connectivity index (χ4n) is 9.41. The fraction of sp³-hybridized carbons (Fsp3) is 0.724. The summed E-state index contributed by atoms with van der Waals surface area (Å²) in [5, 5.41) is 10.7. The van der Waals surface area contributed by atoms with Gasteiger partial charge in [0.15, 0.2) is 12.1 Å². The molecule has 1 saturated heterocycles. The normalized spacial score (nSPS) is 50.8. The van der Waals surface area contributed by atoms with E-state index >= 15 is 0 Å². The second kappa shape index (κ2) is 7.62. The van der Waals surface area contributed by atoms with Gasteiger partial charge in [0, 0.05) is 30.4 Å². The number of esters is 1. The molecular formula is C29H38O6. The average Bonchev–Trinajstić information content (AvgIpc) is 3.34. The summed E-state index contributed by atoms with van der Waals surface area (Å²) in [7, 11) is 1.73. The summed E-state index contributed by atoms with van der Waals surface area (Å²) in [4.78, 5) is 25.9. The van der Waals surface area contributed by atoms with Crippen molar-refractivity contribution in [3.05, 3.63) is 34.9 Å². The third-order valence-electron chi connectivity index (χ3n) is 11.3. The van der Waals surface area contributed by atoms with E-state index < -0.39 is 17.1 Å². The van der Waals surface area contributed by atoms with Crippen molar-refractivity contribution in [2.24, 2.45) is 34.5 Å². The van der Waals surface area contributed by atoms with Crippen LogP contribution in [0.5, 0.6) is 0 Å². The number of cyclic esters (lactones) is 1. The smallest absolute Gasteiger partial charge is 0.334 e. The van der Waals surface area contributed by atoms with Crippen molar-refractivity contribution in [1.29, 1.82) is 0 Å². The van der Waals surface area contributed by atoms with Gasteiger partial charge >= 0.3 is 5.97 Å². The summed E-state index contributed by atoms with van der Waals surface area (Å²) in [6, 6.07) is 0. The van der Waals surface area contributed by atoms with Gasteiger partial charge in [-0.3, -0.25) is 4.79 Å². The Kier molecular flexibility index (Phi) is 5.15. The fourth-order valence-corrected chi connectivity index (χ4v) is 9.41. The molecule has 0 aromatic rings. The van der Waals surface area contributed by atoms with Crippen molar-refractivity contribution in [2.75, 3.05) is 7.11 Å². The molecule has 0 amide bonds. The molecule has 2 heterocycles. The molecule has 1 spiro atoms. The highest BCUT2D eigenvalue weighted by Gasteiger charge is 2.73. The van der Waals surface area contributed by atoms with Gasteiger partial charge in [0.25, 0.3) is 0 Å². The van der Waals surface area contributed by atoms with Gasteiger partial charge in [-0.15, -0.1) is 0 Å². The van der Waals surface area contributed by atoms with Gasteiger partial charge in [0.2, 0.25) is 0 Å². The van der Waals surface area contributed by atoms with Crippen LogP contribution in [0.4, 0.5) is 0 Å². The van der Waals surface area contributed by atoms with Crippen molar-refractivity contribution in [2.45, 2.75) is 90.3 Å². The molecule has 6 nitrogen and oxygen atoms in total. The van der Waals surface area contributed by atoms with Crippen LogP contribution < -0.4 is 0 Å². The van der Waals surface area contributed by atoms with E-state index in [1.54, 1.807) is 19.3 Å². The van der Waals surface area contributed by atoms with Crippen molar-refractivity contribution in [1.82, 2.24) is 0 Å². The topological polar surface area (TPSA) is 82.1 Å². The molecule has 6 heteroatoms. The number of ketones is 1. The molecule has 2 saturated carbocycles. The van der Waals surface area contributed by atoms with E-state index in [4.69, 9.17) is 14.2 Å². The first-order chi connectivity index (χ1) is 16.6. The van der Waals surface area contributed by atoms with Gasteiger partial charge in [0.05, 0.1) is 11.5 Å². The molecule has 190 valence electrons. The summed E-state index contributed by atoms with van der Waals surface area (Å²) in [5.41, 5.74) is 1.26. The number of rotatable bonds is 2. The molecule has 10 atom stereocenters. The Hall–Kier alpha value is -1.76. The lowest BCUT2D eigenvalue weighted by Gasteiger charge is -2.57. The van der Waals surface area contributed by atoms with E-state index in [2.05, 4.69) is 19.9 Å². The summed E-state index contributed by atoms with van der Waals surface area (Å²) >= 11 is 0. The summed E-state index contributed by atoms with van der Waals surface area (Å²) in [5.74, 6) is 1.01. The zero-order chi connectivity index (χ0) is 24.9. The highest BCUT2D eigenvalue weighted by atomic mass is 16.7. The van der Waals surface area contributed by atoms with Crippen LogP contribution in [0, 0.1) is 34.5 Å². The number of allylic oxidation sites excluding steroid dienone is 2. The minimum absolute atomic E-state index is 0.122. The van der Waals surface area contributed by atoms with Crippen LogP contribution >= 0.6 is 0 Å². The third-order valence-corrected chi connectivity index (χ3v) is 11.3. The van der Waals surface area contributed by atoms with Gasteiger partial charge in [-0.1, -0.05) is 11.6 Å². The lowest BCUT2D eigenvalue weighted by molar-refractivity contribution is -0.226. The van der Waals surface area contributed by atoms with E-state index in [9.17, 15) is 14.7 Å². The SMILES string of the molecule is CO[C@H]1O[C@@](C)(C2CC(C)=C(C)C(=O)O2)[C@H]2CC[C@H]3[C@@H]4CC=C5[C@@H](O)C=CC(=O)[C@]5(C)[C@H]4CC[C@@]132. The number of ether oxygens (including phenoxy) is 3. The Balaban J connectivity index is 1.38. The van der Waals surface area contributed by atoms with Crippen molar-refractivity contribution >= 4 is 11.8 Å². The first kappa shape index (κ1) is 23.6. The molecule has 1 N–H and O–H groups in total. The maximum atomic E-state index is 13.2. The van der Waals surface area contributed by atoms with Gasteiger partial charge in [-0.05, 0) is 95.3 Å². The van der Waals surface area contributed by atoms with Crippen LogP contribution in [-0.4, -0.2) is 48.1 Å². The van der Waals surface area contributed by atoms with Crippen LogP contribution in [0.2, 0.25) is 0 Å². The van der Waals surface area contributed by atoms with E-state index in [-0.39, 0.29) is 41.4 Å². The summed E-state index contributed by atoms with van der Waals surface area (Å²) < 4.78 is 18.9. The molecule has 2 aliphatic heterocycles. The number of carbonyl (C=O) groups excluding carboxylic acids is 2. The molecule has 0 aromatic heterocycles. The molecule has 1 unspecified atom stereocenters. The molecule has 0 bridgehead atoms. The maximum absolute atomic E-state index is 13.2. The van der Waals surface area contributed by atoms with E-state index in [1.165, 1.54) is 0 Å². The number of fused-ring (bicyclic) bond motifs is 4.